The van der Waals surface area contributed by atoms with Crippen LogP contribution in [0.4, 0.5) is 0 Å². The highest BCUT2D eigenvalue weighted by molar-refractivity contribution is 9.08. The minimum Gasteiger partial charge on any atom is -0.0876 e. The van der Waals surface area contributed by atoms with Gasteiger partial charge in [0.2, 0.25) is 0 Å². The summed E-state index contributed by atoms with van der Waals surface area (Å²) in [6.07, 6.45) is 9.00. The Morgan fingerprint density at radius 3 is 1.50 bits per heavy atom. The summed E-state index contributed by atoms with van der Waals surface area (Å²) in [5.41, 5.74) is 1.33. The lowest BCUT2D eigenvalue weighted by Gasteiger charge is -2.05. The summed E-state index contributed by atoms with van der Waals surface area (Å²) in [6.45, 7) is 0. The zero-order valence-corrected chi connectivity index (χ0v) is 10.3. The van der Waals surface area contributed by atoms with Crippen molar-refractivity contribution in [2.45, 2.75) is 43.9 Å². The van der Waals surface area contributed by atoms with Crippen LogP contribution in [0.2, 0.25) is 0 Å². The average Bonchev–Trinajstić information content (AvgIpc) is 2.33. The molecule has 0 radical (unpaired) electrons. The molecule has 0 aliphatic heterocycles. The van der Waals surface area contributed by atoms with E-state index in [4.69, 9.17) is 0 Å². The summed E-state index contributed by atoms with van der Waals surface area (Å²) in [7, 11) is 0. The van der Waals surface area contributed by atoms with Gasteiger partial charge in [-0.2, -0.15) is 0 Å². The molecule has 1 aliphatic rings. The molecule has 1 aromatic carbocycles. The Balaban J connectivity index is 0.000000146. The number of halogens is 1. The SMILES string of the molecule is BrCc1ccccc1.C1CCCCC1. The molecule has 0 amide bonds. The number of hydrogen-bond acceptors (Lipinski definition) is 0. The summed E-state index contributed by atoms with van der Waals surface area (Å²) < 4.78 is 0. The Morgan fingerprint density at radius 1 is 0.786 bits per heavy atom. The molecule has 1 aliphatic carbocycles. The molecular formula is C13H19Br. The smallest absolute Gasteiger partial charge is 0.0283 e. The molecular weight excluding hydrogens is 236 g/mol. The molecule has 0 unspecified atom stereocenters. The number of alkyl halides is 1. The van der Waals surface area contributed by atoms with Gasteiger partial charge in [-0.05, 0) is 5.56 Å². The van der Waals surface area contributed by atoms with Crippen molar-refractivity contribution < 1.29 is 0 Å². The number of hydrogen-bond donors (Lipinski definition) is 0. The van der Waals surface area contributed by atoms with E-state index in [2.05, 4.69) is 28.1 Å². The molecule has 14 heavy (non-hydrogen) atoms. The zero-order valence-electron chi connectivity index (χ0n) is 8.71. The topological polar surface area (TPSA) is 0 Å². The van der Waals surface area contributed by atoms with E-state index in [1.807, 2.05) is 18.2 Å². The van der Waals surface area contributed by atoms with E-state index in [-0.39, 0.29) is 0 Å². The highest BCUT2D eigenvalue weighted by atomic mass is 79.9. The lowest BCUT2D eigenvalue weighted by Crippen LogP contribution is -1.85. The van der Waals surface area contributed by atoms with Gasteiger partial charge in [-0.15, -0.1) is 0 Å². The lowest BCUT2D eigenvalue weighted by molar-refractivity contribution is 0.504. The third-order valence-corrected chi connectivity index (χ3v) is 3.14. The minimum atomic E-state index is 0.952. The van der Waals surface area contributed by atoms with Crippen molar-refractivity contribution in [3.63, 3.8) is 0 Å². The van der Waals surface area contributed by atoms with Crippen molar-refractivity contribution in [3.05, 3.63) is 35.9 Å². The van der Waals surface area contributed by atoms with Crippen molar-refractivity contribution in [2.75, 3.05) is 0 Å². The standard InChI is InChI=1S/C7H7Br.C6H12/c8-6-7-4-2-1-3-5-7;1-2-4-6-5-3-1/h1-5H,6H2;1-6H2. The van der Waals surface area contributed by atoms with Gasteiger partial charge in [0.25, 0.3) is 0 Å². The molecule has 0 N–H and O–H groups in total. The minimum absolute atomic E-state index is 0.952. The molecule has 0 atom stereocenters. The normalized spacial score (nSPS) is 15.5. The monoisotopic (exact) mass is 254 g/mol. The Bertz CT molecular complexity index is 202. The second-order valence-electron chi connectivity index (χ2n) is 3.74. The molecule has 0 nitrogen and oxygen atoms in total. The molecule has 1 fully saturated rings. The Hall–Kier alpha value is -0.300. The van der Waals surface area contributed by atoms with Crippen molar-refractivity contribution in [1.82, 2.24) is 0 Å². The van der Waals surface area contributed by atoms with E-state index in [9.17, 15) is 0 Å². The molecule has 0 aromatic heterocycles. The van der Waals surface area contributed by atoms with Crippen LogP contribution < -0.4 is 0 Å². The van der Waals surface area contributed by atoms with Crippen molar-refractivity contribution in [1.29, 1.82) is 0 Å². The third kappa shape index (κ3) is 5.43. The van der Waals surface area contributed by atoms with Crippen LogP contribution in [0.3, 0.4) is 0 Å². The first-order valence-corrected chi connectivity index (χ1v) is 6.65. The maximum Gasteiger partial charge on any atom is 0.0283 e. The molecule has 1 saturated carbocycles. The Kier molecular flexibility index (Phi) is 6.77. The highest BCUT2D eigenvalue weighted by Gasteiger charge is 1.95. The van der Waals surface area contributed by atoms with Gasteiger partial charge in [-0.3, -0.25) is 0 Å². The van der Waals surface area contributed by atoms with E-state index in [0.717, 1.165) is 5.33 Å². The fourth-order valence-corrected chi connectivity index (χ4v) is 2.00. The Morgan fingerprint density at radius 2 is 1.21 bits per heavy atom. The first kappa shape index (κ1) is 11.8. The van der Waals surface area contributed by atoms with Crippen molar-refractivity contribution in [3.8, 4) is 0 Å². The molecule has 0 heterocycles. The maximum atomic E-state index is 3.36. The second-order valence-corrected chi connectivity index (χ2v) is 4.30. The predicted octanol–water partition coefficient (Wildman–Crippen LogP) is 4.92. The number of rotatable bonds is 1. The van der Waals surface area contributed by atoms with Crippen LogP contribution in [0.15, 0.2) is 30.3 Å². The van der Waals surface area contributed by atoms with Gasteiger partial charge in [0.1, 0.15) is 0 Å². The maximum absolute atomic E-state index is 3.36. The summed E-state index contributed by atoms with van der Waals surface area (Å²) in [5.74, 6) is 0. The first-order chi connectivity index (χ1) is 6.93. The fraction of sp³-hybridized carbons (Fsp3) is 0.538. The van der Waals surface area contributed by atoms with Crippen LogP contribution in [-0.2, 0) is 5.33 Å². The molecule has 1 aromatic rings. The second kappa shape index (κ2) is 8.05. The Labute approximate surface area is 95.9 Å². The van der Waals surface area contributed by atoms with Gasteiger partial charge < -0.3 is 0 Å². The van der Waals surface area contributed by atoms with Crippen LogP contribution in [0.5, 0.6) is 0 Å². The number of benzene rings is 1. The van der Waals surface area contributed by atoms with Gasteiger partial charge >= 0.3 is 0 Å². The van der Waals surface area contributed by atoms with Gasteiger partial charge in [-0.25, -0.2) is 0 Å². The van der Waals surface area contributed by atoms with Crippen LogP contribution in [0, 0.1) is 0 Å². The average molecular weight is 255 g/mol. The molecule has 0 saturated heterocycles. The highest BCUT2D eigenvalue weighted by Crippen LogP contribution is 2.15. The van der Waals surface area contributed by atoms with Crippen LogP contribution in [0.25, 0.3) is 0 Å². The predicted molar refractivity (Wildman–Crippen MR) is 66.8 cm³/mol. The summed E-state index contributed by atoms with van der Waals surface area (Å²) in [4.78, 5) is 0. The summed E-state index contributed by atoms with van der Waals surface area (Å²) in [6, 6.07) is 10.3. The van der Waals surface area contributed by atoms with E-state index < -0.39 is 0 Å². The molecule has 0 bridgehead atoms. The van der Waals surface area contributed by atoms with E-state index in [1.54, 1.807) is 0 Å². The van der Waals surface area contributed by atoms with E-state index in [1.165, 1.54) is 44.1 Å². The van der Waals surface area contributed by atoms with Gasteiger partial charge in [0, 0.05) is 5.33 Å². The van der Waals surface area contributed by atoms with Gasteiger partial charge in [0.05, 0.1) is 0 Å². The molecule has 2 rings (SSSR count). The van der Waals surface area contributed by atoms with E-state index >= 15 is 0 Å². The summed E-state index contributed by atoms with van der Waals surface area (Å²) >= 11 is 3.36. The third-order valence-electron chi connectivity index (χ3n) is 2.50. The molecule has 1 heteroatoms. The van der Waals surface area contributed by atoms with E-state index in [0.29, 0.717) is 0 Å². The zero-order chi connectivity index (χ0) is 10.1. The van der Waals surface area contributed by atoms with Gasteiger partial charge in [0.15, 0.2) is 0 Å². The first-order valence-electron chi connectivity index (χ1n) is 5.53. The van der Waals surface area contributed by atoms with Crippen molar-refractivity contribution >= 4 is 15.9 Å². The largest absolute Gasteiger partial charge is 0.0876 e. The quantitative estimate of drug-likeness (QED) is 0.624. The van der Waals surface area contributed by atoms with Gasteiger partial charge in [-0.1, -0.05) is 84.8 Å². The van der Waals surface area contributed by atoms with Crippen LogP contribution in [0.1, 0.15) is 44.1 Å². The lowest BCUT2D eigenvalue weighted by atomic mass is 10.0. The molecule has 0 spiro atoms. The summed E-state index contributed by atoms with van der Waals surface area (Å²) in [5, 5.41) is 0.952. The van der Waals surface area contributed by atoms with Crippen LogP contribution in [-0.4, -0.2) is 0 Å². The fourth-order valence-electron chi connectivity index (χ4n) is 1.63. The van der Waals surface area contributed by atoms with Crippen molar-refractivity contribution in [2.24, 2.45) is 0 Å². The van der Waals surface area contributed by atoms with Crippen LogP contribution >= 0.6 is 15.9 Å². The molecule has 78 valence electrons.